The van der Waals surface area contributed by atoms with Crippen molar-refractivity contribution in [3.8, 4) is 0 Å². The predicted octanol–water partition coefficient (Wildman–Crippen LogP) is 5.72. The van der Waals surface area contributed by atoms with Crippen molar-refractivity contribution >= 4 is 31.9 Å². The molecule has 0 fully saturated rings. The molecule has 1 unspecified atom stereocenters. The Bertz CT molecular complexity index is 602. The second-order valence-electron chi connectivity index (χ2n) is 5.48. The van der Waals surface area contributed by atoms with Crippen LogP contribution in [0.15, 0.2) is 45.3 Å². The maximum atomic E-state index is 3.69. The smallest absolute Gasteiger partial charge is 0.0372 e. The Labute approximate surface area is 144 Å². The van der Waals surface area contributed by atoms with E-state index in [0.717, 1.165) is 21.9 Å². The number of nitrogens with one attached hydrogen (secondary N) is 1. The van der Waals surface area contributed by atoms with Crippen molar-refractivity contribution in [3.63, 3.8) is 0 Å². The standard InChI is InChI=1S/C18H21Br2N/c1-4-21-18(16-6-5-15(19)11-17(16)20)10-14-8-12(2)7-13(3)9-14/h5-9,11,18,21H,4,10H2,1-3H3. The summed E-state index contributed by atoms with van der Waals surface area (Å²) in [5, 5.41) is 3.60. The molecule has 0 saturated heterocycles. The van der Waals surface area contributed by atoms with Crippen molar-refractivity contribution < 1.29 is 0 Å². The Kier molecular flexibility index (Phi) is 6.03. The van der Waals surface area contributed by atoms with Crippen molar-refractivity contribution in [1.82, 2.24) is 5.32 Å². The molecule has 0 amide bonds. The van der Waals surface area contributed by atoms with Gasteiger partial charge in [0.1, 0.15) is 0 Å². The fraction of sp³-hybridized carbons (Fsp3) is 0.333. The first-order valence-corrected chi connectivity index (χ1v) is 8.83. The van der Waals surface area contributed by atoms with Gasteiger partial charge in [0.15, 0.2) is 0 Å². The van der Waals surface area contributed by atoms with Crippen LogP contribution in [-0.2, 0) is 6.42 Å². The lowest BCUT2D eigenvalue weighted by molar-refractivity contribution is 0.547. The highest BCUT2D eigenvalue weighted by molar-refractivity contribution is 9.11. The summed E-state index contributed by atoms with van der Waals surface area (Å²) in [6, 6.07) is 13.5. The van der Waals surface area contributed by atoms with Gasteiger partial charge in [-0.15, -0.1) is 0 Å². The fourth-order valence-electron chi connectivity index (χ4n) is 2.75. The first-order chi connectivity index (χ1) is 9.99. The summed E-state index contributed by atoms with van der Waals surface area (Å²) in [4.78, 5) is 0. The molecule has 0 aliphatic carbocycles. The van der Waals surface area contributed by atoms with E-state index in [4.69, 9.17) is 0 Å². The van der Waals surface area contributed by atoms with Gasteiger partial charge in [0, 0.05) is 15.0 Å². The van der Waals surface area contributed by atoms with Crippen molar-refractivity contribution in [2.75, 3.05) is 6.54 Å². The fourth-order valence-corrected chi connectivity index (χ4v) is 4.07. The zero-order valence-corrected chi connectivity index (χ0v) is 15.9. The normalized spacial score (nSPS) is 12.4. The molecule has 0 aliphatic rings. The number of likely N-dealkylation sites (N-methyl/N-ethyl adjacent to an activating group) is 1. The molecule has 0 aliphatic heterocycles. The zero-order valence-electron chi connectivity index (χ0n) is 12.7. The van der Waals surface area contributed by atoms with Crippen LogP contribution >= 0.6 is 31.9 Å². The van der Waals surface area contributed by atoms with Crippen LogP contribution in [0.1, 0.15) is 35.2 Å². The number of rotatable bonds is 5. The van der Waals surface area contributed by atoms with Crippen molar-refractivity contribution in [3.05, 3.63) is 67.6 Å². The molecule has 2 aromatic rings. The van der Waals surface area contributed by atoms with E-state index in [1.807, 2.05) is 0 Å². The lowest BCUT2D eigenvalue weighted by atomic mass is 9.96. The highest BCUT2D eigenvalue weighted by atomic mass is 79.9. The molecule has 2 rings (SSSR count). The molecule has 0 spiro atoms. The van der Waals surface area contributed by atoms with Gasteiger partial charge in [0.2, 0.25) is 0 Å². The van der Waals surface area contributed by atoms with Crippen molar-refractivity contribution in [2.24, 2.45) is 0 Å². The monoisotopic (exact) mass is 409 g/mol. The molecule has 1 N–H and O–H groups in total. The molecule has 0 saturated carbocycles. The Morgan fingerprint density at radius 3 is 2.24 bits per heavy atom. The van der Waals surface area contributed by atoms with E-state index >= 15 is 0 Å². The first-order valence-electron chi connectivity index (χ1n) is 7.25. The van der Waals surface area contributed by atoms with Gasteiger partial charge in [-0.2, -0.15) is 0 Å². The number of halogens is 2. The summed E-state index contributed by atoms with van der Waals surface area (Å²) >= 11 is 7.21. The average molecular weight is 411 g/mol. The van der Waals surface area contributed by atoms with E-state index in [-0.39, 0.29) is 0 Å². The van der Waals surface area contributed by atoms with E-state index in [9.17, 15) is 0 Å². The van der Waals surface area contributed by atoms with Gasteiger partial charge in [0.25, 0.3) is 0 Å². The molecule has 21 heavy (non-hydrogen) atoms. The molecule has 3 heteroatoms. The molecule has 1 nitrogen and oxygen atoms in total. The first kappa shape index (κ1) is 16.7. The molecular weight excluding hydrogens is 390 g/mol. The van der Waals surface area contributed by atoms with Crippen LogP contribution < -0.4 is 5.32 Å². The maximum Gasteiger partial charge on any atom is 0.0372 e. The Hall–Kier alpha value is -0.640. The predicted molar refractivity (Wildman–Crippen MR) is 97.9 cm³/mol. The van der Waals surface area contributed by atoms with E-state index in [1.54, 1.807) is 0 Å². The van der Waals surface area contributed by atoms with Gasteiger partial charge < -0.3 is 5.32 Å². The summed E-state index contributed by atoms with van der Waals surface area (Å²) < 4.78 is 2.24. The third-order valence-corrected chi connectivity index (χ3v) is 4.69. The van der Waals surface area contributed by atoms with Crippen molar-refractivity contribution in [1.29, 1.82) is 0 Å². The van der Waals surface area contributed by atoms with Gasteiger partial charge in [-0.1, -0.05) is 74.2 Å². The summed E-state index contributed by atoms with van der Waals surface area (Å²) in [5.74, 6) is 0. The summed E-state index contributed by atoms with van der Waals surface area (Å²) in [6.07, 6.45) is 0.997. The second-order valence-corrected chi connectivity index (χ2v) is 7.25. The van der Waals surface area contributed by atoms with Crippen LogP contribution in [0.3, 0.4) is 0 Å². The lowest BCUT2D eigenvalue weighted by Gasteiger charge is -2.20. The van der Waals surface area contributed by atoms with Gasteiger partial charge in [-0.05, 0) is 50.1 Å². The number of hydrogen-bond acceptors (Lipinski definition) is 1. The van der Waals surface area contributed by atoms with Crippen LogP contribution in [0.4, 0.5) is 0 Å². The SMILES string of the molecule is CCNC(Cc1cc(C)cc(C)c1)c1ccc(Br)cc1Br. The van der Waals surface area contributed by atoms with Crippen LogP contribution in [0.25, 0.3) is 0 Å². The van der Waals surface area contributed by atoms with Crippen LogP contribution in [0.5, 0.6) is 0 Å². The quantitative estimate of drug-likeness (QED) is 0.664. The molecule has 0 aromatic heterocycles. The van der Waals surface area contributed by atoms with Crippen LogP contribution in [-0.4, -0.2) is 6.54 Å². The summed E-state index contributed by atoms with van der Waals surface area (Å²) in [6.45, 7) is 7.43. The molecule has 2 aromatic carbocycles. The highest BCUT2D eigenvalue weighted by Crippen LogP contribution is 2.29. The maximum absolute atomic E-state index is 3.69. The minimum absolute atomic E-state index is 0.318. The van der Waals surface area contributed by atoms with E-state index in [0.29, 0.717) is 6.04 Å². The van der Waals surface area contributed by atoms with Gasteiger partial charge >= 0.3 is 0 Å². The van der Waals surface area contributed by atoms with Crippen LogP contribution in [0.2, 0.25) is 0 Å². The molecule has 1 atom stereocenters. The number of hydrogen-bond donors (Lipinski definition) is 1. The highest BCUT2D eigenvalue weighted by Gasteiger charge is 2.15. The largest absolute Gasteiger partial charge is 0.310 e. The Morgan fingerprint density at radius 2 is 1.67 bits per heavy atom. The van der Waals surface area contributed by atoms with Crippen molar-refractivity contribution in [2.45, 2.75) is 33.2 Å². The third kappa shape index (κ3) is 4.67. The summed E-state index contributed by atoms with van der Waals surface area (Å²) in [5.41, 5.74) is 5.35. The topological polar surface area (TPSA) is 12.0 Å². The van der Waals surface area contributed by atoms with Gasteiger partial charge in [-0.3, -0.25) is 0 Å². The number of aryl methyl sites for hydroxylation is 2. The third-order valence-electron chi connectivity index (χ3n) is 3.51. The lowest BCUT2D eigenvalue weighted by Crippen LogP contribution is -2.23. The van der Waals surface area contributed by atoms with Gasteiger partial charge in [-0.25, -0.2) is 0 Å². The molecule has 0 bridgehead atoms. The Morgan fingerprint density at radius 1 is 1.00 bits per heavy atom. The summed E-state index contributed by atoms with van der Waals surface area (Å²) in [7, 11) is 0. The zero-order chi connectivity index (χ0) is 15.4. The van der Waals surface area contributed by atoms with E-state index < -0.39 is 0 Å². The second kappa shape index (κ2) is 7.57. The molecular formula is C18H21Br2N. The molecule has 0 heterocycles. The number of benzene rings is 2. The minimum atomic E-state index is 0.318. The van der Waals surface area contributed by atoms with Gasteiger partial charge in [0.05, 0.1) is 0 Å². The van der Waals surface area contributed by atoms with Crippen LogP contribution in [0, 0.1) is 13.8 Å². The average Bonchev–Trinajstić information content (AvgIpc) is 2.37. The molecule has 112 valence electrons. The van der Waals surface area contributed by atoms with E-state index in [1.165, 1.54) is 22.3 Å². The van der Waals surface area contributed by atoms with E-state index in [2.05, 4.69) is 94.3 Å². The Balaban J connectivity index is 2.30. The minimum Gasteiger partial charge on any atom is -0.310 e. The molecule has 0 radical (unpaired) electrons.